The molecule has 0 aromatic heterocycles. The molecule has 5 nitrogen and oxygen atoms in total. The first-order valence-electron chi connectivity index (χ1n) is 17.1. The fourth-order valence-corrected chi connectivity index (χ4v) is 7.74. The highest BCUT2D eigenvalue weighted by Gasteiger charge is 2.32. The van der Waals surface area contributed by atoms with Crippen molar-refractivity contribution in [3.8, 4) is 11.1 Å². The minimum absolute atomic E-state index is 0.0162. The maximum Gasteiger partial charge on any atom is 0.416 e. The van der Waals surface area contributed by atoms with Crippen molar-refractivity contribution in [2.24, 2.45) is 0 Å². The molecule has 4 aromatic rings. The summed E-state index contributed by atoms with van der Waals surface area (Å²) in [6.07, 6.45) is -0.960. The first kappa shape index (κ1) is 37.3. The second kappa shape index (κ2) is 16.5. The molecular weight excluding hydrogens is 694 g/mol. The standard InChI is InChI=1S/C41H40F5N3O2S/c1-28-24-39(52-27-32-6-5-8-36(42)40(32)43)49(37-9-4-3-7-35(28)37)26-38(50)48(34-18-20-47(21-19-34)22-23-51-2)25-29-10-12-30(13-11-29)31-14-16-33(17-15-31)41(44,45)46/h3-17,24,34H,1,18-23,25-27H2,2H3. The lowest BCUT2D eigenvalue weighted by atomic mass is 9.99. The normalized spacial score (nSPS) is 15.4. The van der Waals surface area contributed by atoms with E-state index >= 15 is 0 Å². The number of piperidine rings is 1. The molecule has 0 spiro atoms. The van der Waals surface area contributed by atoms with Crippen LogP contribution >= 0.6 is 11.8 Å². The Morgan fingerprint density at radius 2 is 1.60 bits per heavy atom. The lowest BCUT2D eigenvalue weighted by molar-refractivity contribution is -0.137. The van der Waals surface area contributed by atoms with Gasteiger partial charge in [0.25, 0.3) is 0 Å². The zero-order valence-corrected chi connectivity index (χ0v) is 29.7. The van der Waals surface area contributed by atoms with Crippen LogP contribution in [0.15, 0.2) is 109 Å². The van der Waals surface area contributed by atoms with Crippen molar-refractivity contribution in [3.63, 3.8) is 0 Å². The maximum absolute atomic E-state index is 14.6. The molecule has 4 aromatic carbocycles. The molecule has 0 N–H and O–H groups in total. The number of carbonyl (C=O) groups excluding carboxylic acids is 1. The van der Waals surface area contributed by atoms with Crippen LogP contribution in [0.5, 0.6) is 0 Å². The minimum atomic E-state index is -4.41. The zero-order valence-electron chi connectivity index (χ0n) is 28.8. The third-order valence-electron chi connectivity index (χ3n) is 9.59. The molecule has 272 valence electrons. The van der Waals surface area contributed by atoms with Gasteiger partial charge in [-0.1, -0.05) is 73.3 Å². The number of benzene rings is 4. The molecule has 52 heavy (non-hydrogen) atoms. The van der Waals surface area contributed by atoms with Gasteiger partial charge in [-0.05, 0) is 65.4 Å². The first-order chi connectivity index (χ1) is 25.0. The van der Waals surface area contributed by atoms with E-state index in [-0.39, 0.29) is 29.8 Å². The summed E-state index contributed by atoms with van der Waals surface area (Å²) in [7, 11) is 1.68. The highest BCUT2D eigenvalue weighted by Crippen LogP contribution is 2.41. The van der Waals surface area contributed by atoms with Crippen molar-refractivity contribution in [2.75, 3.05) is 44.8 Å². The number of thioether (sulfide) groups is 1. The van der Waals surface area contributed by atoms with Crippen LogP contribution in [0.4, 0.5) is 27.6 Å². The number of anilines is 1. The smallest absolute Gasteiger partial charge is 0.383 e. The summed E-state index contributed by atoms with van der Waals surface area (Å²) in [5.41, 5.74) is 4.30. The number of alkyl halides is 3. The average Bonchev–Trinajstić information content (AvgIpc) is 3.15. The van der Waals surface area contributed by atoms with E-state index in [9.17, 15) is 26.7 Å². The maximum atomic E-state index is 14.6. The number of hydrogen-bond acceptors (Lipinski definition) is 5. The summed E-state index contributed by atoms with van der Waals surface area (Å²) in [6.45, 7) is 7.67. The molecule has 2 heterocycles. The zero-order chi connectivity index (χ0) is 36.8. The summed E-state index contributed by atoms with van der Waals surface area (Å²) >= 11 is 1.32. The van der Waals surface area contributed by atoms with Gasteiger partial charge in [0.15, 0.2) is 11.6 Å². The third kappa shape index (κ3) is 8.77. The molecule has 0 radical (unpaired) electrons. The Hall–Kier alpha value is -4.45. The van der Waals surface area contributed by atoms with Crippen LogP contribution in [-0.4, -0.2) is 61.6 Å². The number of amides is 1. The van der Waals surface area contributed by atoms with Crippen LogP contribution in [0, 0.1) is 11.6 Å². The van der Waals surface area contributed by atoms with E-state index in [4.69, 9.17) is 4.74 Å². The SMILES string of the molecule is C=C1C=C(SCc2cccc(F)c2F)N(CC(=O)N(Cc2ccc(-c3ccc(C(F)(F)F)cc3)cc2)C2CCN(CCOC)CC2)c2ccccc21. The third-order valence-corrected chi connectivity index (χ3v) is 10.7. The number of rotatable bonds is 12. The molecule has 0 atom stereocenters. The lowest BCUT2D eigenvalue weighted by Gasteiger charge is -2.40. The number of carbonyl (C=O) groups is 1. The van der Waals surface area contributed by atoms with Crippen molar-refractivity contribution < 1.29 is 31.5 Å². The van der Waals surface area contributed by atoms with E-state index in [1.807, 2.05) is 64.4 Å². The lowest BCUT2D eigenvalue weighted by Crippen LogP contribution is -2.50. The van der Waals surface area contributed by atoms with Gasteiger partial charge in [0.05, 0.1) is 17.2 Å². The van der Waals surface area contributed by atoms with Gasteiger partial charge in [-0.3, -0.25) is 4.79 Å². The highest BCUT2D eigenvalue weighted by molar-refractivity contribution is 8.02. The average molecular weight is 734 g/mol. The summed E-state index contributed by atoms with van der Waals surface area (Å²) < 4.78 is 73.3. The number of ether oxygens (including phenoxy) is 1. The molecule has 2 aliphatic heterocycles. The number of methoxy groups -OCH3 is 1. The molecule has 6 rings (SSSR count). The predicted molar refractivity (Wildman–Crippen MR) is 197 cm³/mol. The van der Waals surface area contributed by atoms with E-state index in [1.165, 1.54) is 30.0 Å². The van der Waals surface area contributed by atoms with Gasteiger partial charge in [-0.15, -0.1) is 11.8 Å². The van der Waals surface area contributed by atoms with Gasteiger partial charge < -0.3 is 19.4 Å². The molecule has 0 saturated carbocycles. The van der Waals surface area contributed by atoms with Gasteiger partial charge in [-0.25, -0.2) is 8.78 Å². The van der Waals surface area contributed by atoms with Gasteiger partial charge >= 0.3 is 6.18 Å². The molecule has 1 saturated heterocycles. The molecule has 2 aliphatic rings. The van der Waals surface area contributed by atoms with Gasteiger partial charge in [-0.2, -0.15) is 13.2 Å². The summed E-state index contributed by atoms with van der Waals surface area (Å²) in [6, 6.07) is 24.4. The Bertz CT molecular complexity index is 1910. The number of nitrogens with zero attached hydrogens (tertiary/aromatic N) is 3. The van der Waals surface area contributed by atoms with Crippen LogP contribution in [-0.2, 0) is 28.0 Å². The largest absolute Gasteiger partial charge is 0.416 e. The van der Waals surface area contributed by atoms with E-state index in [2.05, 4.69) is 11.5 Å². The van der Waals surface area contributed by atoms with E-state index in [1.54, 1.807) is 13.2 Å². The Kier molecular flexibility index (Phi) is 11.8. The number of hydrogen-bond donors (Lipinski definition) is 0. The van der Waals surface area contributed by atoms with Crippen molar-refractivity contribution in [2.45, 2.75) is 37.4 Å². The molecule has 11 heteroatoms. The molecular formula is C41H40F5N3O2S. The minimum Gasteiger partial charge on any atom is -0.383 e. The summed E-state index contributed by atoms with van der Waals surface area (Å²) in [5, 5.41) is 0.705. The number of para-hydroxylation sites is 1. The second-order valence-electron chi connectivity index (χ2n) is 13.0. The Labute approximate surface area is 305 Å². The molecule has 1 amide bonds. The molecule has 0 unspecified atom stereocenters. The van der Waals surface area contributed by atoms with Gasteiger partial charge in [0, 0.05) is 61.9 Å². The van der Waals surface area contributed by atoms with Crippen molar-refractivity contribution in [1.29, 1.82) is 0 Å². The monoisotopic (exact) mass is 733 g/mol. The fourth-order valence-electron chi connectivity index (χ4n) is 6.67. The number of halogens is 5. The molecule has 0 bridgehead atoms. The van der Waals surface area contributed by atoms with Crippen LogP contribution < -0.4 is 4.90 Å². The number of fused-ring (bicyclic) bond motifs is 1. The predicted octanol–water partition coefficient (Wildman–Crippen LogP) is 9.40. The molecule has 1 fully saturated rings. The quantitative estimate of drug-likeness (QED) is 0.136. The van der Waals surface area contributed by atoms with Gasteiger partial charge in [0.2, 0.25) is 5.91 Å². The Morgan fingerprint density at radius 3 is 2.27 bits per heavy atom. The highest BCUT2D eigenvalue weighted by atomic mass is 32.2. The first-order valence-corrected chi connectivity index (χ1v) is 18.1. The van der Waals surface area contributed by atoms with E-state index in [0.29, 0.717) is 23.7 Å². The van der Waals surface area contributed by atoms with Crippen LogP contribution in [0.3, 0.4) is 0 Å². The Morgan fingerprint density at radius 1 is 0.923 bits per heavy atom. The fraction of sp³-hybridized carbons (Fsp3) is 0.293. The topological polar surface area (TPSA) is 36.0 Å². The second-order valence-corrected chi connectivity index (χ2v) is 14.0. The van der Waals surface area contributed by atoms with Crippen molar-refractivity contribution in [1.82, 2.24) is 9.80 Å². The van der Waals surface area contributed by atoms with E-state index < -0.39 is 23.4 Å². The van der Waals surface area contributed by atoms with Crippen LogP contribution in [0.1, 0.15) is 35.1 Å². The number of allylic oxidation sites excluding steroid dienone is 2. The van der Waals surface area contributed by atoms with E-state index in [0.717, 1.165) is 78.6 Å². The van der Waals surface area contributed by atoms with Crippen molar-refractivity contribution in [3.05, 3.63) is 143 Å². The Balaban J connectivity index is 1.25. The van der Waals surface area contributed by atoms with Crippen molar-refractivity contribution >= 4 is 28.9 Å². The number of likely N-dealkylation sites (tertiary alicyclic amines) is 1. The summed E-state index contributed by atoms with van der Waals surface area (Å²) in [4.78, 5) is 20.8. The van der Waals surface area contributed by atoms with Crippen LogP contribution in [0.2, 0.25) is 0 Å². The summed E-state index contributed by atoms with van der Waals surface area (Å²) in [5.74, 6) is -1.73. The van der Waals surface area contributed by atoms with Gasteiger partial charge in [0.1, 0.15) is 6.54 Å². The molecule has 0 aliphatic carbocycles. The van der Waals surface area contributed by atoms with Crippen LogP contribution in [0.25, 0.3) is 16.7 Å².